The van der Waals surface area contributed by atoms with Crippen LogP contribution >= 0.6 is 0 Å². The number of ether oxygens (including phenoxy) is 3. The van der Waals surface area contributed by atoms with Crippen molar-refractivity contribution in [1.82, 2.24) is 10.6 Å². The molecule has 2 saturated carbocycles. The van der Waals surface area contributed by atoms with Crippen LogP contribution in [0, 0.1) is 17.8 Å². The molecule has 2 aliphatic rings. The Labute approximate surface area is 182 Å². The van der Waals surface area contributed by atoms with Crippen molar-refractivity contribution in [3.8, 4) is 0 Å². The summed E-state index contributed by atoms with van der Waals surface area (Å²) in [5, 5.41) is 5.53. The van der Waals surface area contributed by atoms with Gasteiger partial charge in [-0.3, -0.25) is 9.59 Å². The zero-order valence-electron chi connectivity index (χ0n) is 18.6. The average Bonchev–Trinajstić information content (AvgIpc) is 3.37. The van der Waals surface area contributed by atoms with Crippen LogP contribution in [0.25, 0.3) is 0 Å². The van der Waals surface area contributed by atoms with Crippen molar-refractivity contribution in [3.63, 3.8) is 0 Å². The minimum Gasteiger partial charge on any atom is -0.379 e. The molecule has 0 heterocycles. The van der Waals surface area contributed by atoms with Crippen LogP contribution in [-0.2, 0) is 23.8 Å². The molecule has 0 aromatic rings. The SMILES string of the molecule is O=CNCCCOCCOCCOCCNC(=O)CCCC1C2CCCCCCC21. The molecule has 7 heteroatoms. The van der Waals surface area contributed by atoms with Crippen LogP contribution in [0.2, 0.25) is 0 Å². The predicted molar refractivity (Wildman–Crippen MR) is 116 cm³/mol. The molecule has 2 aliphatic carbocycles. The number of amides is 2. The second-order valence-electron chi connectivity index (χ2n) is 8.49. The minimum atomic E-state index is 0.147. The smallest absolute Gasteiger partial charge is 0.220 e. The maximum absolute atomic E-state index is 12.0. The van der Waals surface area contributed by atoms with E-state index in [1.165, 1.54) is 44.9 Å². The number of fused-ring (bicyclic) bond motifs is 1. The quantitative estimate of drug-likeness (QED) is 0.260. The van der Waals surface area contributed by atoms with Crippen LogP contribution in [0.1, 0.15) is 64.2 Å². The maximum Gasteiger partial charge on any atom is 0.220 e. The summed E-state index contributed by atoms with van der Waals surface area (Å²) in [4.78, 5) is 22.0. The first-order chi connectivity index (χ1) is 14.8. The summed E-state index contributed by atoms with van der Waals surface area (Å²) in [6.45, 7) is 4.44. The first-order valence-corrected chi connectivity index (χ1v) is 12.0. The lowest BCUT2D eigenvalue weighted by atomic mass is 10.0. The van der Waals surface area contributed by atoms with Gasteiger partial charge in [0, 0.05) is 26.1 Å². The van der Waals surface area contributed by atoms with Crippen LogP contribution in [0.15, 0.2) is 0 Å². The van der Waals surface area contributed by atoms with E-state index in [2.05, 4.69) is 10.6 Å². The van der Waals surface area contributed by atoms with Gasteiger partial charge in [0.2, 0.25) is 12.3 Å². The number of nitrogens with one attached hydrogen (secondary N) is 2. The summed E-state index contributed by atoms with van der Waals surface area (Å²) in [7, 11) is 0. The van der Waals surface area contributed by atoms with Crippen molar-refractivity contribution in [2.45, 2.75) is 64.2 Å². The maximum atomic E-state index is 12.0. The van der Waals surface area contributed by atoms with Gasteiger partial charge in [-0.25, -0.2) is 0 Å². The molecule has 2 N–H and O–H groups in total. The van der Waals surface area contributed by atoms with E-state index in [0.29, 0.717) is 65.6 Å². The van der Waals surface area contributed by atoms with Gasteiger partial charge in [-0.1, -0.05) is 25.7 Å². The van der Waals surface area contributed by atoms with Crippen molar-refractivity contribution in [2.75, 3.05) is 52.7 Å². The topological polar surface area (TPSA) is 85.9 Å². The van der Waals surface area contributed by atoms with Gasteiger partial charge < -0.3 is 24.8 Å². The van der Waals surface area contributed by atoms with E-state index in [1.54, 1.807) is 0 Å². The Hall–Kier alpha value is -1.18. The van der Waals surface area contributed by atoms with Crippen molar-refractivity contribution < 1.29 is 23.8 Å². The lowest BCUT2D eigenvalue weighted by molar-refractivity contribution is -0.121. The van der Waals surface area contributed by atoms with E-state index in [0.717, 1.165) is 30.6 Å². The molecule has 30 heavy (non-hydrogen) atoms. The Morgan fingerprint density at radius 3 is 2.10 bits per heavy atom. The molecule has 0 bridgehead atoms. The largest absolute Gasteiger partial charge is 0.379 e. The highest BCUT2D eigenvalue weighted by Gasteiger charge is 2.47. The van der Waals surface area contributed by atoms with Gasteiger partial charge in [-0.2, -0.15) is 0 Å². The summed E-state index contributed by atoms with van der Waals surface area (Å²) in [5.41, 5.74) is 0. The highest BCUT2D eigenvalue weighted by molar-refractivity contribution is 5.75. The molecule has 0 spiro atoms. The molecule has 2 unspecified atom stereocenters. The first-order valence-electron chi connectivity index (χ1n) is 12.0. The molecule has 2 fully saturated rings. The van der Waals surface area contributed by atoms with Gasteiger partial charge in [0.25, 0.3) is 0 Å². The Kier molecular flexibility index (Phi) is 13.8. The predicted octanol–water partition coefficient (Wildman–Crippen LogP) is 2.68. The summed E-state index contributed by atoms with van der Waals surface area (Å²) in [6, 6.07) is 0. The third-order valence-corrected chi connectivity index (χ3v) is 6.28. The van der Waals surface area contributed by atoms with Crippen LogP contribution in [0.4, 0.5) is 0 Å². The number of carbonyl (C=O) groups is 2. The van der Waals surface area contributed by atoms with E-state index < -0.39 is 0 Å². The van der Waals surface area contributed by atoms with E-state index in [1.807, 2.05) is 0 Å². The Balaban J connectivity index is 1.29. The fourth-order valence-corrected chi connectivity index (χ4v) is 4.65. The molecule has 0 aliphatic heterocycles. The lowest BCUT2D eigenvalue weighted by Crippen LogP contribution is -2.27. The molecule has 2 atom stereocenters. The molecule has 0 aromatic heterocycles. The highest BCUT2D eigenvalue weighted by Crippen LogP contribution is 2.55. The van der Waals surface area contributed by atoms with Crippen molar-refractivity contribution in [2.24, 2.45) is 17.8 Å². The zero-order valence-corrected chi connectivity index (χ0v) is 18.6. The van der Waals surface area contributed by atoms with Crippen molar-refractivity contribution in [1.29, 1.82) is 0 Å². The summed E-state index contributed by atoms with van der Waals surface area (Å²) < 4.78 is 16.3. The summed E-state index contributed by atoms with van der Waals surface area (Å²) in [6.07, 6.45) is 12.9. The Morgan fingerprint density at radius 2 is 1.43 bits per heavy atom. The minimum absolute atomic E-state index is 0.147. The van der Waals surface area contributed by atoms with Crippen molar-refractivity contribution >= 4 is 12.3 Å². The fourth-order valence-electron chi connectivity index (χ4n) is 4.65. The molecule has 2 amide bonds. The van der Waals surface area contributed by atoms with Crippen LogP contribution in [0.3, 0.4) is 0 Å². The van der Waals surface area contributed by atoms with Gasteiger partial charge in [-0.15, -0.1) is 0 Å². The van der Waals surface area contributed by atoms with Gasteiger partial charge in [-0.05, 0) is 49.9 Å². The number of hydrogen-bond acceptors (Lipinski definition) is 5. The molecular weight excluding hydrogens is 384 g/mol. The summed E-state index contributed by atoms with van der Waals surface area (Å²) in [5.74, 6) is 3.00. The second kappa shape index (κ2) is 16.5. The van der Waals surface area contributed by atoms with Crippen molar-refractivity contribution in [3.05, 3.63) is 0 Å². The normalized spacial score (nSPS) is 23.1. The molecular formula is C23H42N2O5. The highest BCUT2D eigenvalue weighted by atomic mass is 16.5. The Bertz CT molecular complexity index is 449. The Morgan fingerprint density at radius 1 is 0.800 bits per heavy atom. The molecule has 0 radical (unpaired) electrons. The van der Waals surface area contributed by atoms with Crippen LogP contribution in [0.5, 0.6) is 0 Å². The van der Waals surface area contributed by atoms with Gasteiger partial charge >= 0.3 is 0 Å². The van der Waals surface area contributed by atoms with Crippen LogP contribution in [-0.4, -0.2) is 65.0 Å². The lowest BCUT2D eigenvalue weighted by Gasteiger charge is -2.08. The third kappa shape index (κ3) is 11.3. The molecule has 0 aromatic carbocycles. The standard InChI is InChI=1S/C23H42N2O5/c26-19-24-11-6-13-28-15-17-30-18-16-29-14-12-25-23(27)10-5-9-22-20-7-3-1-2-4-8-21(20)22/h19-22H,1-18H2,(H,24,26)(H,25,27). The second-order valence-corrected chi connectivity index (χ2v) is 8.49. The van der Waals surface area contributed by atoms with Crippen LogP contribution < -0.4 is 10.6 Å². The molecule has 174 valence electrons. The molecule has 0 saturated heterocycles. The fraction of sp³-hybridized carbons (Fsp3) is 0.913. The van der Waals surface area contributed by atoms with Gasteiger partial charge in [0.15, 0.2) is 0 Å². The first kappa shape index (κ1) is 25.1. The monoisotopic (exact) mass is 426 g/mol. The van der Waals surface area contributed by atoms with Gasteiger partial charge in [0.05, 0.1) is 33.0 Å². The summed E-state index contributed by atoms with van der Waals surface area (Å²) >= 11 is 0. The van der Waals surface area contributed by atoms with Gasteiger partial charge in [0.1, 0.15) is 0 Å². The van der Waals surface area contributed by atoms with E-state index in [4.69, 9.17) is 14.2 Å². The van der Waals surface area contributed by atoms with E-state index in [-0.39, 0.29) is 5.91 Å². The number of hydrogen-bond donors (Lipinski definition) is 2. The zero-order chi connectivity index (χ0) is 21.3. The third-order valence-electron chi connectivity index (χ3n) is 6.28. The average molecular weight is 427 g/mol. The number of carbonyl (C=O) groups excluding carboxylic acids is 2. The van der Waals surface area contributed by atoms with E-state index >= 15 is 0 Å². The number of rotatable bonds is 18. The van der Waals surface area contributed by atoms with E-state index in [9.17, 15) is 9.59 Å². The molecule has 2 rings (SSSR count). The molecule has 7 nitrogen and oxygen atoms in total.